The Morgan fingerprint density at radius 2 is 1.67 bits per heavy atom. The van der Waals surface area contributed by atoms with Crippen LogP contribution in [0.15, 0.2) is 0 Å². The fraction of sp³-hybridized carbons (Fsp3) is 0.944. The van der Waals surface area contributed by atoms with Crippen molar-refractivity contribution in [2.45, 2.75) is 80.3 Å². The Hall–Kier alpha value is -0.570. The molecule has 3 heteroatoms. The number of esters is 1. The van der Waals surface area contributed by atoms with Crippen LogP contribution >= 0.6 is 0 Å². The Labute approximate surface area is 131 Å². The van der Waals surface area contributed by atoms with E-state index in [0.29, 0.717) is 12.8 Å². The van der Waals surface area contributed by atoms with Crippen molar-refractivity contribution in [2.24, 2.45) is 22.7 Å². The molecule has 0 fully saturated rings. The molecule has 3 unspecified atom stereocenters. The molecule has 3 nitrogen and oxygen atoms in total. The molecular weight excluding hydrogens is 264 g/mol. The van der Waals surface area contributed by atoms with Gasteiger partial charge in [0.05, 0.1) is 13.2 Å². The Bertz CT molecular complexity index is 309. The topological polar surface area (TPSA) is 46.5 Å². The first kappa shape index (κ1) is 20.4. The first-order valence-electron chi connectivity index (χ1n) is 8.17. The predicted molar refractivity (Wildman–Crippen MR) is 88.1 cm³/mol. The highest BCUT2D eigenvalue weighted by molar-refractivity contribution is 5.69. The Morgan fingerprint density at radius 1 is 1.14 bits per heavy atom. The van der Waals surface area contributed by atoms with Gasteiger partial charge in [-0.15, -0.1) is 0 Å². The van der Waals surface area contributed by atoms with Crippen LogP contribution in [-0.2, 0) is 9.53 Å². The lowest BCUT2D eigenvalue weighted by molar-refractivity contribution is -0.141. The second-order valence-electron chi connectivity index (χ2n) is 8.51. The van der Waals surface area contributed by atoms with Crippen molar-refractivity contribution >= 4 is 5.97 Å². The van der Waals surface area contributed by atoms with Crippen molar-refractivity contribution < 1.29 is 14.6 Å². The van der Waals surface area contributed by atoms with Gasteiger partial charge in [0.25, 0.3) is 0 Å². The maximum Gasteiger partial charge on any atom is 0.305 e. The lowest BCUT2D eigenvalue weighted by atomic mass is 9.68. The van der Waals surface area contributed by atoms with E-state index < -0.39 is 0 Å². The van der Waals surface area contributed by atoms with Crippen LogP contribution in [-0.4, -0.2) is 24.3 Å². The van der Waals surface area contributed by atoms with Crippen LogP contribution in [0.2, 0.25) is 0 Å². The third kappa shape index (κ3) is 7.85. The van der Waals surface area contributed by atoms with Crippen LogP contribution in [0.5, 0.6) is 0 Å². The van der Waals surface area contributed by atoms with Gasteiger partial charge in [0.15, 0.2) is 0 Å². The summed E-state index contributed by atoms with van der Waals surface area (Å²) >= 11 is 0. The lowest BCUT2D eigenvalue weighted by Crippen LogP contribution is -2.39. The summed E-state index contributed by atoms with van der Waals surface area (Å²) in [6.07, 6.45) is 2.64. The van der Waals surface area contributed by atoms with E-state index in [9.17, 15) is 9.90 Å². The molecule has 21 heavy (non-hydrogen) atoms. The Morgan fingerprint density at radius 3 is 2.00 bits per heavy atom. The zero-order chi connectivity index (χ0) is 16.8. The summed E-state index contributed by atoms with van der Waals surface area (Å²) < 4.78 is 4.74. The molecule has 0 aliphatic rings. The van der Waals surface area contributed by atoms with Crippen LogP contribution in [0.4, 0.5) is 0 Å². The molecule has 0 rings (SSSR count). The number of carbonyl (C=O) groups is 1. The molecule has 0 bridgehead atoms. The van der Waals surface area contributed by atoms with E-state index in [2.05, 4.69) is 48.5 Å². The van der Waals surface area contributed by atoms with Crippen LogP contribution in [0.25, 0.3) is 0 Å². The summed E-state index contributed by atoms with van der Waals surface area (Å²) in [5.74, 6) is 0.177. The largest absolute Gasteiger partial charge is 0.469 e. The molecule has 3 atom stereocenters. The van der Waals surface area contributed by atoms with Crippen molar-refractivity contribution in [3.8, 4) is 0 Å². The lowest BCUT2D eigenvalue weighted by Gasteiger charge is -2.40. The van der Waals surface area contributed by atoms with E-state index in [-0.39, 0.29) is 34.7 Å². The molecule has 0 saturated heterocycles. The monoisotopic (exact) mass is 300 g/mol. The van der Waals surface area contributed by atoms with Crippen molar-refractivity contribution in [3.63, 3.8) is 0 Å². The fourth-order valence-electron chi connectivity index (χ4n) is 3.11. The molecule has 0 radical (unpaired) electrons. The summed E-state index contributed by atoms with van der Waals surface area (Å²) in [5, 5.41) is 10.9. The van der Waals surface area contributed by atoms with Crippen molar-refractivity contribution in [2.75, 3.05) is 7.11 Å². The minimum Gasteiger partial charge on any atom is -0.469 e. The van der Waals surface area contributed by atoms with Crippen molar-refractivity contribution in [1.29, 1.82) is 0 Å². The highest BCUT2D eigenvalue weighted by Crippen LogP contribution is 2.39. The van der Waals surface area contributed by atoms with Crippen LogP contribution < -0.4 is 0 Å². The van der Waals surface area contributed by atoms with E-state index in [1.54, 1.807) is 0 Å². The summed E-state index contributed by atoms with van der Waals surface area (Å²) in [6, 6.07) is 0. The molecule has 0 heterocycles. The number of aliphatic hydroxyl groups excluding tert-OH is 1. The van der Waals surface area contributed by atoms with Gasteiger partial charge in [0.1, 0.15) is 0 Å². The van der Waals surface area contributed by atoms with Gasteiger partial charge in [0, 0.05) is 6.42 Å². The molecule has 0 aliphatic heterocycles. The van der Waals surface area contributed by atoms with Gasteiger partial charge in [-0.25, -0.2) is 0 Å². The summed E-state index contributed by atoms with van der Waals surface area (Å²) in [7, 11) is 1.42. The van der Waals surface area contributed by atoms with Gasteiger partial charge in [0.2, 0.25) is 0 Å². The predicted octanol–water partition coefficient (Wildman–Crippen LogP) is 4.43. The highest BCUT2D eigenvalue weighted by atomic mass is 16.5. The van der Waals surface area contributed by atoms with Gasteiger partial charge in [-0.1, -0.05) is 54.9 Å². The highest BCUT2D eigenvalue weighted by Gasteiger charge is 2.36. The summed E-state index contributed by atoms with van der Waals surface area (Å²) in [6.45, 7) is 15.2. The standard InChI is InChI=1S/C18H36O3/c1-9-13(12-17(2,3)4)16(20)14(18(5,6)7)10-11-15(19)21-8/h13-14,16,20H,9-12H2,1-8H3. The minimum atomic E-state index is -0.376. The quantitative estimate of drug-likeness (QED) is 0.708. The molecule has 126 valence electrons. The molecule has 0 amide bonds. The fourth-order valence-corrected chi connectivity index (χ4v) is 3.11. The average molecular weight is 300 g/mol. The molecule has 0 saturated carbocycles. The third-order valence-corrected chi connectivity index (χ3v) is 4.29. The van der Waals surface area contributed by atoms with E-state index in [1.807, 2.05) is 0 Å². The van der Waals surface area contributed by atoms with Crippen LogP contribution in [0, 0.1) is 22.7 Å². The molecule has 0 aromatic heterocycles. The minimum absolute atomic E-state index is 0.0290. The van der Waals surface area contributed by atoms with E-state index >= 15 is 0 Å². The number of methoxy groups -OCH3 is 1. The first-order valence-corrected chi connectivity index (χ1v) is 8.17. The van der Waals surface area contributed by atoms with Gasteiger partial charge >= 0.3 is 5.97 Å². The number of rotatable bonds is 7. The normalized spacial score (nSPS) is 17.2. The smallest absolute Gasteiger partial charge is 0.305 e. The third-order valence-electron chi connectivity index (χ3n) is 4.29. The zero-order valence-corrected chi connectivity index (χ0v) is 15.3. The van der Waals surface area contributed by atoms with Crippen LogP contribution in [0.1, 0.15) is 74.1 Å². The number of ether oxygens (including phenoxy) is 1. The molecule has 0 spiro atoms. The van der Waals surface area contributed by atoms with E-state index in [0.717, 1.165) is 12.8 Å². The summed E-state index contributed by atoms with van der Waals surface area (Å²) in [5.41, 5.74) is 0.172. The molecular formula is C18H36O3. The molecule has 1 N–H and O–H groups in total. The maximum absolute atomic E-state index is 11.4. The maximum atomic E-state index is 11.4. The van der Waals surface area contributed by atoms with E-state index in [4.69, 9.17) is 4.74 Å². The first-order chi connectivity index (χ1) is 9.42. The number of hydrogen-bond acceptors (Lipinski definition) is 3. The number of aliphatic hydroxyl groups is 1. The van der Waals surface area contributed by atoms with Gasteiger partial charge in [-0.3, -0.25) is 4.79 Å². The van der Waals surface area contributed by atoms with Gasteiger partial charge < -0.3 is 9.84 Å². The average Bonchev–Trinajstić information content (AvgIpc) is 2.32. The molecule has 0 aliphatic carbocycles. The second-order valence-corrected chi connectivity index (χ2v) is 8.51. The number of hydrogen-bond donors (Lipinski definition) is 1. The summed E-state index contributed by atoms with van der Waals surface area (Å²) in [4.78, 5) is 11.4. The zero-order valence-electron chi connectivity index (χ0n) is 15.3. The number of carbonyl (C=O) groups excluding carboxylic acids is 1. The molecule has 0 aromatic carbocycles. The van der Waals surface area contributed by atoms with Gasteiger partial charge in [-0.05, 0) is 35.5 Å². The van der Waals surface area contributed by atoms with Gasteiger partial charge in [-0.2, -0.15) is 0 Å². The van der Waals surface area contributed by atoms with E-state index in [1.165, 1.54) is 7.11 Å². The van der Waals surface area contributed by atoms with Crippen molar-refractivity contribution in [1.82, 2.24) is 0 Å². The Kier molecular flexibility index (Phi) is 7.94. The second kappa shape index (κ2) is 8.17. The van der Waals surface area contributed by atoms with Crippen molar-refractivity contribution in [3.05, 3.63) is 0 Å². The SMILES string of the molecule is CCC(CC(C)(C)C)C(O)C(CCC(=O)OC)C(C)(C)C. The molecule has 0 aromatic rings. The Balaban J connectivity index is 5.00. The van der Waals surface area contributed by atoms with Crippen LogP contribution in [0.3, 0.4) is 0 Å².